The molecule has 0 saturated heterocycles. The Morgan fingerprint density at radius 1 is 1.14 bits per heavy atom. The summed E-state index contributed by atoms with van der Waals surface area (Å²) in [5.41, 5.74) is 2.06. The van der Waals surface area contributed by atoms with Gasteiger partial charge in [0.05, 0.1) is 11.0 Å². The van der Waals surface area contributed by atoms with Gasteiger partial charge >= 0.3 is 0 Å². The molecule has 21 heavy (non-hydrogen) atoms. The van der Waals surface area contributed by atoms with Crippen LogP contribution in [0.2, 0.25) is 0 Å². The summed E-state index contributed by atoms with van der Waals surface area (Å²) in [6.45, 7) is 0.543. The number of aliphatic imine (C=N–C) groups is 1. The van der Waals surface area contributed by atoms with Crippen molar-refractivity contribution in [3.8, 4) is 0 Å². The standard InChI is InChI=1S/C16H14N2O3/c19-18(20)15-8-6-13(7-9-15)16-17-14(11-21-16)10-12-4-2-1-3-5-12/h1-9,14H,10-11H2/t14-/m1/s1. The number of non-ortho nitro benzene ring substituents is 1. The molecule has 1 atom stereocenters. The Morgan fingerprint density at radius 2 is 1.86 bits per heavy atom. The summed E-state index contributed by atoms with van der Waals surface area (Å²) in [6, 6.07) is 16.5. The van der Waals surface area contributed by atoms with Crippen molar-refractivity contribution in [3.63, 3.8) is 0 Å². The van der Waals surface area contributed by atoms with Crippen molar-refractivity contribution >= 4 is 11.6 Å². The SMILES string of the molecule is O=[N+]([O-])c1ccc(C2=N[C@H](Cc3ccccc3)CO2)cc1. The normalized spacial score (nSPS) is 17.1. The first-order valence-electron chi connectivity index (χ1n) is 6.72. The molecule has 0 aromatic heterocycles. The Balaban J connectivity index is 1.72. The highest BCUT2D eigenvalue weighted by Crippen LogP contribution is 2.18. The van der Waals surface area contributed by atoms with Crippen LogP contribution in [0.3, 0.4) is 0 Å². The van der Waals surface area contributed by atoms with Crippen LogP contribution in [-0.4, -0.2) is 23.5 Å². The van der Waals surface area contributed by atoms with Gasteiger partial charge in [0.25, 0.3) is 5.69 Å². The minimum atomic E-state index is -0.417. The van der Waals surface area contributed by atoms with Crippen molar-refractivity contribution in [1.29, 1.82) is 0 Å². The second-order valence-corrected chi connectivity index (χ2v) is 4.89. The van der Waals surface area contributed by atoms with Gasteiger partial charge < -0.3 is 4.74 Å². The van der Waals surface area contributed by atoms with Crippen LogP contribution >= 0.6 is 0 Å². The van der Waals surface area contributed by atoms with Crippen molar-refractivity contribution in [3.05, 3.63) is 75.8 Å². The van der Waals surface area contributed by atoms with Crippen molar-refractivity contribution in [2.45, 2.75) is 12.5 Å². The number of hydrogen-bond donors (Lipinski definition) is 0. The topological polar surface area (TPSA) is 64.7 Å². The minimum Gasteiger partial charge on any atom is -0.475 e. The predicted molar refractivity (Wildman–Crippen MR) is 79.5 cm³/mol. The number of hydrogen-bond acceptors (Lipinski definition) is 4. The van der Waals surface area contributed by atoms with Crippen LogP contribution < -0.4 is 0 Å². The van der Waals surface area contributed by atoms with E-state index in [-0.39, 0.29) is 11.7 Å². The van der Waals surface area contributed by atoms with Crippen LogP contribution in [0.1, 0.15) is 11.1 Å². The molecular formula is C16H14N2O3. The van der Waals surface area contributed by atoms with Gasteiger partial charge in [-0.25, -0.2) is 4.99 Å². The van der Waals surface area contributed by atoms with Crippen LogP contribution in [0.25, 0.3) is 0 Å². The fourth-order valence-corrected chi connectivity index (χ4v) is 2.29. The fraction of sp³-hybridized carbons (Fsp3) is 0.188. The van der Waals surface area contributed by atoms with Crippen LogP contribution in [0.4, 0.5) is 5.69 Å². The fourth-order valence-electron chi connectivity index (χ4n) is 2.29. The highest BCUT2D eigenvalue weighted by Gasteiger charge is 2.20. The van der Waals surface area contributed by atoms with Gasteiger partial charge in [0.2, 0.25) is 5.90 Å². The molecule has 0 amide bonds. The number of nitrogens with zero attached hydrogens (tertiary/aromatic N) is 2. The summed E-state index contributed by atoms with van der Waals surface area (Å²) in [4.78, 5) is 14.8. The number of benzene rings is 2. The van der Waals surface area contributed by atoms with Crippen LogP contribution in [0, 0.1) is 10.1 Å². The number of ether oxygens (including phenoxy) is 1. The first-order chi connectivity index (χ1) is 10.2. The van der Waals surface area contributed by atoms with E-state index in [1.807, 2.05) is 18.2 Å². The maximum atomic E-state index is 10.6. The molecule has 0 unspecified atom stereocenters. The molecule has 0 saturated carbocycles. The monoisotopic (exact) mass is 282 g/mol. The lowest BCUT2D eigenvalue weighted by molar-refractivity contribution is -0.384. The summed E-state index contributed by atoms with van der Waals surface area (Å²) < 4.78 is 5.60. The maximum Gasteiger partial charge on any atom is 0.269 e. The van der Waals surface area contributed by atoms with Crippen molar-refractivity contribution < 1.29 is 9.66 Å². The van der Waals surface area contributed by atoms with E-state index in [0.717, 1.165) is 12.0 Å². The van der Waals surface area contributed by atoms with Crippen molar-refractivity contribution in [2.75, 3.05) is 6.61 Å². The molecule has 5 nitrogen and oxygen atoms in total. The molecule has 106 valence electrons. The highest BCUT2D eigenvalue weighted by molar-refractivity contribution is 5.95. The molecule has 1 aliphatic heterocycles. The Morgan fingerprint density at radius 3 is 2.52 bits per heavy atom. The zero-order chi connectivity index (χ0) is 14.7. The van der Waals surface area contributed by atoms with E-state index in [0.29, 0.717) is 12.5 Å². The summed E-state index contributed by atoms with van der Waals surface area (Å²) >= 11 is 0. The van der Waals surface area contributed by atoms with Gasteiger partial charge in [-0.3, -0.25) is 10.1 Å². The Labute approximate surface area is 122 Å². The summed E-state index contributed by atoms with van der Waals surface area (Å²) in [7, 11) is 0. The molecule has 0 fully saturated rings. The average molecular weight is 282 g/mol. The van der Waals surface area contributed by atoms with Gasteiger partial charge in [0, 0.05) is 17.7 Å². The average Bonchev–Trinajstić information content (AvgIpc) is 2.97. The summed E-state index contributed by atoms with van der Waals surface area (Å²) in [5.74, 6) is 0.561. The molecule has 5 heteroatoms. The van der Waals surface area contributed by atoms with E-state index < -0.39 is 4.92 Å². The third-order valence-corrected chi connectivity index (χ3v) is 3.35. The molecule has 1 aliphatic rings. The van der Waals surface area contributed by atoms with Gasteiger partial charge in [0.15, 0.2) is 0 Å². The first kappa shape index (κ1) is 13.3. The van der Waals surface area contributed by atoms with Crippen LogP contribution in [0.5, 0.6) is 0 Å². The molecule has 3 rings (SSSR count). The van der Waals surface area contributed by atoms with E-state index in [1.165, 1.54) is 17.7 Å². The van der Waals surface area contributed by atoms with Gasteiger partial charge in [-0.2, -0.15) is 0 Å². The Bertz CT molecular complexity index is 666. The van der Waals surface area contributed by atoms with Gasteiger partial charge in [0.1, 0.15) is 6.61 Å². The molecule has 0 radical (unpaired) electrons. The highest BCUT2D eigenvalue weighted by atomic mass is 16.6. The number of nitro groups is 1. The third kappa shape index (κ3) is 3.08. The molecule has 2 aromatic rings. The minimum absolute atomic E-state index is 0.0678. The van der Waals surface area contributed by atoms with Crippen molar-refractivity contribution in [1.82, 2.24) is 0 Å². The molecule has 0 N–H and O–H groups in total. The lowest BCUT2D eigenvalue weighted by Crippen LogP contribution is -2.09. The second kappa shape index (κ2) is 5.75. The Hall–Kier alpha value is -2.69. The number of nitro benzene ring substituents is 1. The van der Waals surface area contributed by atoms with Crippen molar-refractivity contribution in [2.24, 2.45) is 4.99 Å². The van der Waals surface area contributed by atoms with Gasteiger partial charge in [-0.05, 0) is 24.1 Å². The third-order valence-electron chi connectivity index (χ3n) is 3.35. The summed E-state index contributed by atoms with van der Waals surface area (Å²) in [6.07, 6.45) is 0.831. The predicted octanol–water partition coefficient (Wildman–Crippen LogP) is 2.98. The molecule has 1 heterocycles. The Kier molecular flexibility index (Phi) is 3.64. The molecule has 0 spiro atoms. The van der Waals surface area contributed by atoms with E-state index >= 15 is 0 Å². The quantitative estimate of drug-likeness (QED) is 0.639. The largest absolute Gasteiger partial charge is 0.475 e. The van der Waals surface area contributed by atoms with E-state index in [2.05, 4.69) is 17.1 Å². The molecular weight excluding hydrogens is 268 g/mol. The zero-order valence-corrected chi connectivity index (χ0v) is 11.3. The smallest absolute Gasteiger partial charge is 0.269 e. The molecule has 0 aliphatic carbocycles. The summed E-state index contributed by atoms with van der Waals surface area (Å²) in [5, 5.41) is 10.6. The maximum absolute atomic E-state index is 10.6. The van der Waals surface area contributed by atoms with E-state index in [4.69, 9.17) is 4.74 Å². The number of rotatable bonds is 4. The van der Waals surface area contributed by atoms with Crippen LogP contribution in [0.15, 0.2) is 59.6 Å². The molecule has 0 bridgehead atoms. The van der Waals surface area contributed by atoms with Crippen LogP contribution in [-0.2, 0) is 11.2 Å². The van der Waals surface area contributed by atoms with Gasteiger partial charge in [-0.1, -0.05) is 30.3 Å². The lowest BCUT2D eigenvalue weighted by atomic mass is 10.1. The first-order valence-corrected chi connectivity index (χ1v) is 6.72. The van der Waals surface area contributed by atoms with E-state index in [9.17, 15) is 10.1 Å². The zero-order valence-electron chi connectivity index (χ0n) is 11.3. The lowest BCUT2D eigenvalue weighted by Gasteiger charge is -2.04. The molecule has 2 aromatic carbocycles. The van der Waals surface area contributed by atoms with Gasteiger partial charge in [-0.15, -0.1) is 0 Å². The van der Waals surface area contributed by atoms with E-state index in [1.54, 1.807) is 12.1 Å². The second-order valence-electron chi connectivity index (χ2n) is 4.89.